The molecule has 1 aromatic carbocycles. The number of rotatable bonds is 6. The van der Waals surface area contributed by atoms with E-state index in [-0.39, 0.29) is 10.6 Å². The van der Waals surface area contributed by atoms with Crippen LogP contribution in [0.15, 0.2) is 23.1 Å². The van der Waals surface area contributed by atoms with E-state index in [0.717, 1.165) is 5.69 Å². The van der Waals surface area contributed by atoms with Crippen molar-refractivity contribution >= 4 is 21.4 Å². The van der Waals surface area contributed by atoms with Crippen molar-refractivity contribution in [2.24, 2.45) is 0 Å². The first kappa shape index (κ1) is 13.8. The summed E-state index contributed by atoms with van der Waals surface area (Å²) in [4.78, 5) is 0.0808. The molecular weight excluding hydrogens is 242 g/mol. The summed E-state index contributed by atoms with van der Waals surface area (Å²) in [7, 11) is -0.542. The highest BCUT2D eigenvalue weighted by molar-refractivity contribution is 7.89. The lowest BCUT2D eigenvalue weighted by atomic mass is 10.3. The molecule has 0 saturated carbocycles. The smallest absolute Gasteiger partial charge is 0.242 e. The predicted molar refractivity (Wildman–Crippen MR) is 67.5 cm³/mol. The van der Waals surface area contributed by atoms with Crippen LogP contribution in [0.2, 0.25) is 0 Å². The summed E-state index contributed by atoms with van der Waals surface area (Å²) in [6.45, 7) is 1.20. The van der Waals surface area contributed by atoms with Gasteiger partial charge in [-0.1, -0.05) is 0 Å². The van der Waals surface area contributed by atoms with Gasteiger partial charge in [0.25, 0.3) is 0 Å². The Morgan fingerprint density at radius 3 is 2.65 bits per heavy atom. The summed E-state index contributed by atoms with van der Waals surface area (Å²) in [5, 5.41) is 3.06. The number of nitrogens with one attached hydrogen (secondary N) is 2. The standard InChI is InChI=1S/C10H17N3O3S/c1-12-17(14,15)10-4-3-8(7-9(10)11)13-5-6-16-2/h3-4,7,12-13H,5-6,11H2,1-2H3. The molecule has 0 aliphatic heterocycles. The quantitative estimate of drug-likeness (QED) is 0.502. The largest absolute Gasteiger partial charge is 0.398 e. The van der Waals surface area contributed by atoms with Crippen LogP contribution in [0.3, 0.4) is 0 Å². The minimum absolute atomic E-state index is 0.0808. The van der Waals surface area contributed by atoms with E-state index in [2.05, 4.69) is 10.0 Å². The molecule has 0 atom stereocenters. The van der Waals surface area contributed by atoms with Crippen LogP contribution in [0.4, 0.5) is 11.4 Å². The van der Waals surface area contributed by atoms with E-state index in [1.54, 1.807) is 19.2 Å². The molecule has 1 rings (SSSR count). The van der Waals surface area contributed by atoms with Gasteiger partial charge >= 0.3 is 0 Å². The fourth-order valence-electron chi connectivity index (χ4n) is 1.31. The van der Waals surface area contributed by atoms with Gasteiger partial charge in [-0.05, 0) is 25.2 Å². The average molecular weight is 259 g/mol. The van der Waals surface area contributed by atoms with E-state index >= 15 is 0 Å². The first-order valence-corrected chi connectivity index (χ1v) is 6.55. The predicted octanol–water partition coefficient (Wildman–Crippen LogP) is 0.235. The normalized spacial score (nSPS) is 11.4. The first-order chi connectivity index (χ1) is 8.01. The van der Waals surface area contributed by atoms with E-state index in [9.17, 15) is 8.42 Å². The van der Waals surface area contributed by atoms with Gasteiger partial charge in [0.15, 0.2) is 0 Å². The number of benzene rings is 1. The fraction of sp³-hybridized carbons (Fsp3) is 0.400. The van der Waals surface area contributed by atoms with Crippen molar-refractivity contribution in [3.05, 3.63) is 18.2 Å². The van der Waals surface area contributed by atoms with Crippen molar-refractivity contribution < 1.29 is 13.2 Å². The fourth-order valence-corrected chi connectivity index (χ4v) is 2.15. The highest BCUT2D eigenvalue weighted by Crippen LogP contribution is 2.21. The molecule has 0 aliphatic carbocycles. The van der Waals surface area contributed by atoms with Crippen molar-refractivity contribution in [3.63, 3.8) is 0 Å². The van der Waals surface area contributed by atoms with E-state index in [4.69, 9.17) is 10.5 Å². The SMILES string of the molecule is CNS(=O)(=O)c1ccc(NCCOC)cc1N. The lowest BCUT2D eigenvalue weighted by Crippen LogP contribution is -2.20. The van der Waals surface area contributed by atoms with Crippen molar-refractivity contribution in [3.8, 4) is 0 Å². The molecule has 6 nitrogen and oxygen atoms in total. The van der Waals surface area contributed by atoms with Crippen LogP contribution in [0.25, 0.3) is 0 Å². The average Bonchev–Trinajstić information content (AvgIpc) is 2.29. The molecule has 0 fully saturated rings. The zero-order valence-corrected chi connectivity index (χ0v) is 10.7. The zero-order valence-electron chi connectivity index (χ0n) is 9.86. The van der Waals surface area contributed by atoms with Gasteiger partial charge in [0.05, 0.1) is 12.3 Å². The lowest BCUT2D eigenvalue weighted by Gasteiger charge is -2.10. The molecule has 0 aliphatic rings. The topological polar surface area (TPSA) is 93.5 Å². The van der Waals surface area contributed by atoms with Crippen LogP contribution in [0.5, 0.6) is 0 Å². The van der Waals surface area contributed by atoms with Gasteiger partial charge < -0.3 is 15.8 Å². The number of ether oxygens (including phenoxy) is 1. The number of nitrogen functional groups attached to an aromatic ring is 1. The summed E-state index contributed by atoms with van der Waals surface area (Å²) < 4.78 is 30.2. The summed E-state index contributed by atoms with van der Waals surface area (Å²) in [5.41, 5.74) is 6.67. The van der Waals surface area contributed by atoms with Gasteiger partial charge in [-0.3, -0.25) is 0 Å². The molecule has 96 valence electrons. The van der Waals surface area contributed by atoms with Gasteiger partial charge in [0.1, 0.15) is 4.90 Å². The number of hydrogen-bond donors (Lipinski definition) is 3. The Balaban J connectivity index is 2.87. The second-order valence-electron chi connectivity index (χ2n) is 3.38. The van der Waals surface area contributed by atoms with Gasteiger partial charge in [-0.15, -0.1) is 0 Å². The molecule has 7 heteroatoms. The maximum absolute atomic E-state index is 11.6. The third-order valence-electron chi connectivity index (χ3n) is 2.20. The van der Waals surface area contributed by atoms with Crippen molar-refractivity contribution in [1.82, 2.24) is 4.72 Å². The summed E-state index contributed by atoms with van der Waals surface area (Å²) in [5.74, 6) is 0. The van der Waals surface area contributed by atoms with Crippen LogP contribution < -0.4 is 15.8 Å². The van der Waals surface area contributed by atoms with Crippen molar-refractivity contribution in [2.75, 3.05) is 38.4 Å². The second kappa shape index (κ2) is 5.85. The number of hydrogen-bond acceptors (Lipinski definition) is 5. The summed E-state index contributed by atoms with van der Waals surface area (Å²) in [6, 6.07) is 4.71. The molecule has 0 aromatic heterocycles. The van der Waals surface area contributed by atoms with E-state index in [1.807, 2.05) is 0 Å². The van der Waals surface area contributed by atoms with Gasteiger partial charge in [-0.2, -0.15) is 0 Å². The van der Waals surface area contributed by atoms with E-state index in [1.165, 1.54) is 13.1 Å². The van der Waals surface area contributed by atoms with Crippen LogP contribution in [0, 0.1) is 0 Å². The Morgan fingerprint density at radius 2 is 2.12 bits per heavy atom. The zero-order chi connectivity index (χ0) is 12.9. The second-order valence-corrected chi connectivity index (χ2v) is 5.23. The Bertz CT molecular complexity index is 474. The van der Waals surface area contributed by atoms with Gasteiger partial charge in [0.2, 0.25) is 10.0 Å². The van der Waals surface area contributed by atoms with Gasteiger partial charge in [-0.25, -0.2) is 13.1 Å². The van der Waals surface area contributed by atoms with Crippen LogP contribution >= 0.6 is 0 Å². The van der Waals surface area contributed by atoms with Crippen molar-refractivity contribution in [2.45, 2.75) is 4.90 Å². The number of nitrogens with two attached hydrogens (primary N) is 1. The Labute approximate surface area is 101 Å². The minimum Gasteiger partial charge on any atom is -0.398 e. The molecule has 0 amide bonds. The highest BCUT2D eigenvalue weighted by atomic mass is 32.2. The van der Waals surface area contributed by atoms with Crippen LogP contribution in [-0.2, 0) is 14.8 Å². The van der Waals surface area contributed by atoms with Crippen LogP contribution in [0.1, 0.15) is 0 Å². The summed E-state index contributed by atoms with van der Waals surface area (Å²) in [6.07, 6.45) is 0. The number of sulfonamides is 1. The molecule has 4 N–H and O–H groups in total. The highest BCUT2D eigenvalue weighted by Gasteiger charge is 2.14. The third-order valence-corrected chi connectivity index (χ3v) is 3.69. The molecule has 0 saturated heterocycles. The lowest BCUT2D eigenvalue weighted by molar-refractivity contribution is 0.211. The van der Waals surface area contributed by atoms with Gasteiger partial charge in [0, 0.05) is 19.3 Å². The maximum atomic E-state index is 11.6. The van der Waals surface area contributed by atoms with E-state index in [0.29, 0.717) is 13.2 Å². The Morgan fingerprint density at radius 1 is 1.41 bits per heavy atom. The maximum Gasteiger partial charge on any atom is 0.242 e. The monoisotopic (exact) mass is 259 g/mol. The molecule has 0 bridgehead atoms. The third kappa shape index (κ3) is 3.58. The summed E-state index contributed by atoms with van der Waals surface area (Å²) >= 11 is 0. The molecule has 0 radical (unpaired) electrons. The number of anilines is 2. The van der Waals surface area contributed by atoms with Crippen LogP contribution in [-0.4, -0.2) is 35.7 Å². The Hall–Kier alpha value is -1.31. The molecule has 0 spiro atoms. The molecule has 0 heterocycles. The van der Waals surface area contributed by atoms with Crippen molar-refractivity contribution in [1.29, 1.82) is 0 Å². The molecule has 17 heavy (non-hydrogen) atoms. The minimum atomic E-state index is -3.50. The molecule has 0 unspecified atom stereocenters. The first-order valence-electron chi connectivity index (χ1n) is 5.07. The molecular formula is C10H17N3O3S. The Kier molecular flexibility index (Phi) is 4.73. The van der Waals surface area contributed by atoms with E-state index < -0.39 is 10.0 Å². The molecule has 1 aromatic rings. The number of methoxy groups -OCH3 is 1.